The molecule has 0 aromatic heterocycles. The normalized spacial score (nSPS) is 23.6. The molecule has 4 rings (SSSR count). The molecule has 6 heteroatoms. The molecule has 2 aromatic rings. The quantitative estimate of drug-likeness (QED) is 0.840. The van der Waals surface area contributed by atoms with Crippen LogP contribution in [-0.2, 0) is 21.5 Å². The van der Waals surface area contributed by atoms with Crippen molar-refractivity contribution in [3.63, 3.8) is 0 Å². The molecule has 0 saturated carbocycles. The van der Waals surface area contributed by atoms with Crippen molar-refractivity contribution in [2.24, 2.45) is 0 Å². The predicted octanol–water partition coefficient (Wildman–Crippen LogP) is 3.30. The molecule has 2 aliphatic rings. The largest absolute Gasteiger partial charge is 0.497 e. The van der Waals surface area contributed by atoms with Crippen LogP contribution in [0.3, 0.4) is 0 Å². The maximum Gasteiger partial charge on any atom is 0.232 e. The van der Waals surface area contributed by atoms with E-state index in [9.17, 15) is 9.59 Å². The van der Waals surface area contributed by atoms with Crippen molar-refractivity contribution >= 4 is 23.4 Å². The number of benzene rings is 2. The Bertz CT molecular complexity index is 899. The van der Waals surface area contributed by atoms with Crippen LogP contribution in [0.5, 0.6) is 5.75 Å². The highest BCUT2D eigenvalue weighted by atomic mass is 35.5. The van der Waals surface area contributed by atoms with Crippen molar-refractivity contribution in [3.05, 3.63) is 64.7 Å². The summed E-state index contributed by atoms with van der Waals surface area (Å²) in [6.07, 6.45) is 2.03. The van der Waals surface area contributed by atoms with Gasteiger partial charge in [-0.2, -0.15) is 0 Å². The van der Waals surface area contributed by atoms with Gasteiger partial charge in [-0.3, -0.25) is 9.59 Å². The topological polar surface area (TPSA) is 58.6 Å². The second-order valence-electron chi connectivity index (χ2n) is 7.54. The molecule has 2 amide bonds. The monoisotopic (exact) mass is 398 g/mol. The van der Waals surface area contributed by atoms with Gasteiger partial charge in [0.25, 0.3) is 0 Å². The van der Waals surface area contributed by atoms with Gasteiger partial charge in [0.05, 0.1) is 12.5 Å². The fourth-order valence-corrected chi connectivity index (χ4v) is 4.49. The third-order valence-electron chi connectivity index (χ3n) is 5.90. The van der Waals surface area contributed by atoms with Gasteiger partial charge in [0, 0.05) is 30.6 Å². The van der Waals surface area contributed by atoms with Gasteiger partial charge in [0.2, 0.25) is 11.8 Å². The van der Waals surface area contributed by atoms with Gasteiger partial charge in [0.1, 0.15) is 5.75 Å². The minimum atomic E-state index is -0.762. The number of ether oxygens (including phenoxy) is 1. The van der Waals surface area contributed by atoms with Crippen LogP contribution < -0.4 is 10.1 Å². The fraction of sp³-hybridized carbons (Fsp3) is 0.364. The molecular formula is C22H23ClN2O3. The average molecular weight is 399 g/mol. The molecule has 0 spiro atoms. The van der Waals surface area contributed by atoms with E-state index in [4.69, 9.17) is 16.3 Å². The third kappa shape index (κ3) is 3.35. The van der Waals surface area contributed by atoms with Crippen LogP contribution in [0.2, 0.25) is 5.02 Å². The summed E-state index contributed by atoms with van der Waals surface area (Å²) in [5.41, 5.74) is 1.11. The number of amides is 2. The van der Waals surface area contributed by atoms with Crippen molar-refractivity contribution in [1.29, 1.82) is 0 Å². The number of rotatable bonds is 5. The highest BCUT2D eigenvalue weighted by molar-refractivity contribution is 6.30. The van der Waals surface area contributed by atoms with Gasteiger partial charge >= 0.3 is 0 Å². The lowest BCUT2D eigenvalue weighted by atomic mass is 9.76. The van der Waals surface area contributed by atoms with Crippen LogP contribution in [0.1, 0.15) is 30.4 Å². The van der Waals surface area contributed by atoms with E-state index in [1.165, 1.54) is 0 Å². The first-order chi connectivity index (χ1) is 13.5. The molecule has 5 nitrogen and oxygen atoms in total. The Morgan fingerprint density at radius 1 is 1.29 bits per heavy atom. The number of hydrogen-bond donors (Lipinski definition) is 1. The molecule has 0 bridgehead atoms. The van der Waals surface area contributed by atoms with Crippen LogP contribution in [0.4, 0.5) is 0 Å². The molecule has 0 aliphatic carbocycles. The van der Waals surface area contributed by atoms with E-state index in [1.54, 1.807) is 7.11 Å². The summed E-state index contributed by atoms with van der Waals surface area (Å²) in [4.78, 5) is 27.6. The van der Waals surface area contributed by atoms with Crippen molar-refractivity contribution < 1.29 is 14.3 Å². The Balaban J connectivity index is 1.62. The van der Waals surface area contributed by atoms with Gasteiger partial charge < -0.3 is 15.0 Å². The summed E-state index contributed by atoms with van der Waals surface area (Å²) in [5.74, 6) is 0.791. The molecule has 0 unspecified atom stereocenters. The zero-order chi connectivity index (χ0) is 19.7. The smallest absolute Gasteiger partial charge is 0.232 e. The van der Waals surface area contributed by atoms with E-state index in [1.807, 2.05) is 53.4 Å². The minimum absolute atomic E-state index is 0.0575. The Morgan fingerprint density at radius 3 is 2.79 bits per heavy atom. The molecule has 2 aromatic carbocycles. The molecule has 2 saturated heterocycles. The number of carbonyl (C=O) groups excluding carboxylic acids is 2. The molecule has 1 N–H and O–H groups in total. The standard InChI is InChI=1S/C22H23ClN2O3/c1-28-19-4-2-3-16(11-19)22(12-18-9-10-20(26)25(18)14-22)21(27)24-13-15-5-7-17(23)8-6-15/h2-8,11,18H,9-10,12-14H2,1H3,(H,24,27)/t18-,22-/m0/s1. The molecule has 2 heterocycles. The number of hydrogen-bond acceptors (Lipinski definition) is 3. The second kappa shape index (κ2) is 7.47. The van der Waals surface area contributed by atoms with Crippen molar-refractivity contribution in [2.75, 3.05) is 13.7 Å². The van der Waals surface area contributed by atoms with Crippen LogP contribution in [0, 0.1) is 0 Å². The van der Waals surface area contributed by atoms with Gasteiger partial charge in [-0.25, -0.2) is 0 Å². The number of methoxy groups -OCH3 is 1. The first-order valence-electron chi connectivity index (χ1n) is 9.48. The van der Waals surface area contributed by atoms with E-state index >= 15 is 0 Å². The lowest BCUT2D eigenvalue weighted by Crippen LogP contribution is -2.46. The lowest BCUT2D eigenvalue weighted by molar-refractivity contribution is -0.129. The lowest BCUT2D eigenvalue weighted by Gasteiger charge is -2.29. The zero-order valence-electron chi connectivity index (χ0n) is 15.8. The Morgan fingerprint density at radius 2 is 2.07 bits per heavy atom. The van der Waals surface area contributed by atoms with Crippen LogP contribution >= 0.6 is 11.6 Å². The second-order valence-corrected chi connectivity index (χ2v) is 7.98. The number of nitrogens with one attached hydrogen (secondary N) is 1. The Labute approximate surface area is 169 Å². The van der Waals surface area contributed by atoms with Gasteiger partial charge in [0.15, 0.2) is 0 Å². The number of fused-ring (bicyclic) bond motifs is 1. The maximum atomic E-state index is 13.4. The highest BCUT2D eigenvalue weighted by Gasteiger charge is 2.53. The molecule has 2 atom stereocenters. The van der Waals surface area contributed by atoms with Gasteiger partial charge in [-0.1, -0.05) is 35.9 Å². The highest BCUT2D eigenvalue weighted by Crippen LogP contribution is 2.43. The van der Waals surface area contributed by atoms with Crippen molar-refractivity contribution in [2.45, 2.75) is 37.3 Å². The number of carbonyl (C=O) groups is 2. The summed E-state index contributed by atoms with van der Waals surface area (Å²) >= 11 is 5.94. The molecule has 2 aliphatic heterocycles. The maximum absolute atomic E-state index is 13.4. The molecule has 28 heavy (non-hydrogen) atoms. The van der Waals surface area contributed by atoms with E-state index in [-0.39, 0.29) is 17.9 Å². The summed E-state index contributed by atoms with van der Waals surface area (Å²) in [5, 5.41) is 3.75. The first-order valence-corrected chi connectivity index (χ1v) is 9.86. The first kappa shape index (κ1) is 18.8. The van der Waals surface area contributed by atoms with E-state index in [0.717, 1.165) is 17.5 Å². The van der Waals surface area contributed by atoms with Gasteiger partial charge in [-0.05, 0) is 48.2 Å². The van der Waals surface area contributed by atoms with Crippen molar-refractivity contribution in [3.8, 4) is 5.75 Å². The third-order valence-corrected chi connectivity index (χ3v) is 6.15. The van der Waals surface area contributed by atoms with Crippen molar-refractivity contribution in [1.82, 2.24) is 10.2 Å². The van der Waals surface area contributed by atoms with Crippen LogP contribution in [0.15, 0.2) is 48.5 Å². The van der Waals surface area contributed by atoms with Crippen LogP contribution in [0.25, 0.3) is 0 Å². The SMILES string of the molecule is COc1cccc([C@]2(C(=O)NCc3ccc(Cl)cc3)C[C@@H]3CCC(=O)N3C2)c1. The predicted molar refractivity (Wildman–Crippen MR) is 107 cm³/mol. The Hall–Kier alpha value is -2.53. The summed E-state index contributed by atoms with van der Waals surface area (Å²) in [7, 11) is 1.61. The number of halogens is 1. The summed E-state index contributed by atoms with van der Waals surface area (Å²) < 4.78 is 5.37. The van der Waals surface area contributed by atoms with E-state index < -0.39 is 5.41 Å². The van der Waals surface area contributed by atoms with Gasteiger partial charge in [-0.15, -0.1) is 0 Å². The van der Waals surface area contributed by atoms with Crippen LogP contribution in [-0.4, -0.2) is 36.4 Å². The zero-order valence-corrected chi connectivity index (χ0v) is 16.5. The van der Waals surface area contributed by atoms with E-state index in [0.29, 0.717) is 36.7 Å². The van der Waals surface area contributed by atoms with E-state index in [2.05, 4.69) is 5.32 Å². The Kier molecular flexibility index (Phi) is 5.02. The molecular weight excluding hydrogens is 376 g/mol. The minimum Gasteiger partial charge on any atom is -0.497 e. The fourth-order valence-electron chi connectivity index (χ4n) is 4.36. The number of nitrogens with zero attached hydrogens (tertiary/aromatic N) is 1. The molecule has 2 fully saturated rings. The summed E-state index contributed by atoms with van der Waals surface area (Å²) in [6, 6.07) is 15.2. The summed E-state index contributed by atoms with van der Waals surface area (Å²) in [6.45, 7) is 0.830. The molecule has 0 radical (unpaired) electrons. The average Bonchev–Trinajstić information content (AvgIpc) is 3.27. The molecule has 146 valence electrons.